The number of rotatable bonds is 2. The quantitative estimate of drug-likeness (QED) is 0.728. The van der Waals surface area contributed by atoms with Gasteiger partial charge in [-0.2, -0.15) is 5.26 Å². The van der Waals surface area contributed by atoms with Crippen molar-refractivity contribution in [3.8, 4) is 6.07 Å². The minimum Gasteiger partial charge on any atom is -0.449 e. The largest absolute Gasteiger partial charge is 0.449 e. The van der Waals surface area contributed by atoms with Gasteiger partial charge in [-0.1, -0.05) is 29.8 Å². The molecule has 0 aliphatic heterocycles. The molecule has 1 heterocycles. The smallest absolute Gasteiger partial charge is 0.203 e. The van der Waals surface area contributed by atoms with Crippen LogP contribution in [0.25, 0.3) is 0 Å². The third kappa shape index (κ3) is 1.89. The van der Waals surface area contributed by atoms with Crippen molar-refractivity contribution in [3.63, 3.8) is 0 Å². The van der Waals surface area contributed by atoms with E-state index in [2.05, 4.69) is 29.8 Å². The van der Waals surface area contributed by atoms with Crippen LogP contribution in [0.15, 0.2) is 16.5 Å². The summed E-state index contributed by atoms with van der Waals surface area (Å²) < 4.78 is 5.25. The first kappa shape index (κ1) is 9.34. The predicted molar refractivity (Wildman–Crippen MR) is 49.9 cm³/mol. The summed E-state index contributed by atoms with van der Waals surface area (Å²) in [4.78, 5) is 0.194. The van der Waals surface area contributed by atoms with Crippen LogP contribution < -0.4 is 0 Å². The van der Waals surface area contributed by atoms with E-state index in [4.69, 9.17) is 9.68 Å². The van der Waals surface area contributed by atoms with Gasteiger partial charge in [-0.3, -0.25) is 0 Å². The molecule has 0 amide bonds. The lowest BCUT2D eigenvalue weighted by Gasteiger charge is -2.09. The van der Waals surface area contributed by atoms with Crippen LogP contribution >= 0.6 is 15.9 Å². The number of nitrogens with zero attached hydrogens (tertiary/aromatic N) is 1. The van der Waals surface area contributed by atoms with E-state index in [0.29, 0.717) is 11.7 Å². The molecule has 1 rings (SSSR count). The van der Waals surface area contributed by atoms with Gasteiger partial charge in [0.2, 0.25) is 5.76 Å². The molecule has 0 saturated carbocycles. The predicted octanol–water partition coefficient (Wildman–Crippen LogP) is 3.24. The van der Waals surface area contributed by atoms with Gasteiger partial charge in [0.25, 0.3) is 0 Å². The molecular weight excluding hydrogens is 218 g/mol. The summed E-state index contributed by atoms with van der Waals surface area (Å²) in [6.07, 6.45) is 0. The van der Waals surface area contributed by atoms with Crippen molar-refractivity contribution < 1.29 is 4.42 Å². The highest BCUT2D eigenvalue weighted by molar-refractivity contribution is 9.09. The number of furan rings is 1. The molecule has 0 radical (unpaired) electrons. The third-order valence-corrected chi connectivity index (χ3v) is 3.10. The van der Waals surface area contributed by atoms with Crippen molar-refractivity contribution in [2.24, 2.45) is 5.92 Å². The van der Waals surface area contributed by atoms with Crippen molar-refractivity contribution in [1.82, 2.24) is 0 Å². The van der Waals surface area contributed by atoms with Crippen LogP contribution in [0.2, 0.25) is 0 Å². The highest BCUT2D eigenvalue weighted by Gasteiger charge is 2.15. The first-order valence-corrected chi connectivity index (χ1v) is 4.70. The van der Waals surface area contributed by atoms with Crippen molar-refractivity contribution in [2.75, 3.05) is 0 Å². The maximum atomic E-state index is 8.51. The summed E-state index contributed by atoms with van der Waals surface area (Å²) in [5, 5.41) is 8.51. The Morgan fingerprint density at radius 2 is 2.17 bits per heavy atom. The number of nitriles is 1. The molecule has 0 N–H and O–H groups in total. The van der Waals surface area contributed by atoms with Crippen LogP contribution in [0.5, 0.6) is 0 Å². The lowest BCUT2D eigenvalue weighted by Crippen LogP contribution is -1.96. The molecule has 0 spiro atoms. The summed E-state index contributed by atoms with van der Waals surface area (Å²) in [6.45, 7) is 4.18. The minimum absolute atomic E-state index is 0.194. The van der Waals surface area contributed by atoms with E-state index in [9.17, 15) is 0 Å². The molecule has 1 unspecified atom stereocenters. The fraction of sp³-hybridized carbons (Fsp3) is 0.444. The zero-order valence-corrected chi connectivity index (χ0v) is 8.63. The summed E-state index contributed by atoms with van der Waals surface area (Å²) in [6, 6.07) is 5.47. The van der Waals surface area contributed by atoms with E-state index in [1.807, 2.05) is 12.1 Å². The number of alkyl halides is 1. The Morgan fingerprint density at radius 3 is 2.58 bits per heavy atom. The molecule has 0 aromatic carbocycles. The average molecular weight is 228 g/mol. The van der Waals surface area contributed by atoms with Crippen LogP contribution in [-0.4, -0.2) is 0 Å². The Morgan fingerprint density at radius 1 is 1.50 bits per heavy atom. The fourth-order valence-corrected chi connectivity index (χ4v) is 1.14. The van der Waals surface area contributed by atoms with Crippen LogP contribution in [0.1, 0.15) is 30.2 Å². The standard InChI is InChI=1S/C9H10BrNO/c1-6(2)9(10)8-4-3-7(5-11)12-8/h3-4,6,9H,1-2H3. The second-order valence-electron chi connectivity index (χ2n) is 2.96. The molecule has 1 atom stereocenters. The summed E-state index contributed by atoms with van der Waals surface area (Å²) in [5.41, 5.74) is 0. The van der Waals surface area contributed by atoms with Gasteiger partial charge in [0.05, 0.1) is 4.83 Å². The molecule has 0 saturated heterocycles. The summed E-state index contributed by atoms with van der Waals surface area (Å²) >= 11 is 3.49. The van der Waals surface area contributed by atoms with Gasteiger partial charge in [0.1, 0.15) is 11.8 Å². The fourth-order valence-electron chi connectivity index (χ4n) is 0.890. The molecule has 3 heteroatoms. The van der Waals surface area contributed by atoms with Crippen LogP contribution in [0.4, 0.5) is 0 Å². The van der Waals surface area contributed by atoms with Crippen molar-refractivity contribution in [1.29, 1.82) is 5.26 Å². The maximum absolute atomic E-state index is 8.51. The van der Waals surface area contributed by atoms with Crippen molar-refractivity contribution >= 4 is 15.9 Å². The zero-order chi connectivity index (χ0) is 9.14. The zero-order valence-electron chi connectivity index (χ0n) is 7.04. The van der Waals surface area contributed by atoms with Gasteiger partial charge in [-0.25, -0.2) is 0 Å². The first-order chi connectivity index (χ1) is 5.65. The lowest BCUT2D eigenvalue weighted by atomic mass is 10.1. The van der Waals surface area contributed by atoms with Gasteiger partial charge < -0.3 is 4.42 Å². The Kier molecular flexibility index (Phi) is 2.93. The van der Waals surface area contributed by atoms with Crippen molar-refractivity contribution in [2.45, 2.75) is 18.7 Å². The molecule has 1 aromatic rings. The second kappa shape index (κ2) is 3.77. The Hall–Kier alpha value is -0.750. The molecule has 1 aromatic heterocycles. The van der Waals surface area contributed by atoms with E-state index < -0.39 is 0 Å². The minimum atomic E-state index is 0.194. The van der Waals surface area contributed by atoms with Gasteiger partial charge in [0, 0.05) is 0 Å². The molecule has 64 valence electrons. The monoisotopic (exact) mass is 227 g/mol. The number of hydrogen-bond donors (Lipinski definition) is 0. The third-order valence-electron chi connectivity index (χ3n) is 1.59. The van der Waals surface area contributed by atoms with E-state index in [0.717, 1.165) is 5.76 Å². The Balaban J connectivity index is 2.83. The van der Waals surface area contributed by atoms with Crippen LogP contribution in [-0.2, 0) is 0 Å². The molecule has 0 aliphatic carbocycles. The molecule has 0 aliphatic rings. The highest BCUT2D eigenvalue weighted by atomic mass is 79.9. The maximum Gasteiger partial charge on any atom is 0.203 e. The first-order valence-electron chi connectivity index (χ1n) is 3.79. The molecular formula is C9H10BrNO. The lowest BCUT2D eigenvalue weighted by molar-refractivity contribution is 0.461. The van der Waals surface area contributed by atoms with Gasteiger partial charge in [-0.15, -0.1) is 0 Å². The molecule has 12 heavy (non-hydrogen) atoms. The Bertz CT molecular complexity index is 298. The SMILES string of the molecule is CC(C)C(Br)c1ccc(C#N)o1. The van der Waals surface area contributed by atoms with Gasteiger partial charge >= 0.3 is 0 Å². The normalized spacial score (nSPS) is 12.9. The van der Waals surface area contributed by atoms with Gasteiger partial charge in [0.15, 0.2) is 0 Å². The van der Waals surface area contributed by atoms with Crippen molar-refractivity contribution in [3.05, 3.63) is 23.7 Å². The highest BCUT2D eigenvalue weighted by Crippen LogP contribution is 2.31. The van der Waals surface area contributed by atoms with Crippen LogP contribution in [0.3, 0.4) is 0 Å². The van der Waals surface area contributed by atoms with E-state index in [-0.39, 0.29) is 4.83 Å². The summed E-state index contributed by atoms with van der Waals surface area (Å²) in [5.74, 6) is 1.65. The molecule has 0 bridgehead atoms. The second-order valence-corrected chi connectivity index (χ2v) is 3.95. The number of hydrogen-bond acceptors (Lipinski definition) is 2. The van der Waals surface area contributed by atoms with E-state index in [1.54, 1.807) is 6.07 Å². The van der Waals surface area contributed by atoms with Crippen LogP contribution in [0, 0.1) is 17.2 Å². The van der Waals surface area contributed by atoms with E-state index in [1.165, 1.54) is 0 Å². The summed E-state index contributed by atoms with van der Waals surface area (Å²) in [7, 11) is 0. The topological polar surface area (TPSA) is 36.9 Å². The van der Waals surface area contributed by atoms with E-state index >= 15 is 0 Å². The van der Waals surface area contributed by atoms with Gasteiger partial charge in [-0.05, 0) is 18.1 Å². The molecule has 0 fully saturated rings. The number of halogens is 1. The average Bonchev–Trinajstić information content (AvgIpc) is 2.50. The Labute approximate surface area is 80.3 Å². The molecule has 2 nitrogen and oxygen atoms in total.